The van der Waals surface area contributed by atoms with E-state index >= 15 is 0 Å². The lowest BCUT2D eigenvalue weighted by Gasteiger charge is -2.31. The molecule has 0 atom stereocenters. The average Bonchev–Trinajstić information content (AvgIpc) is 2.54. The lowest BCUT2D eigenvalue weighted by atomic mass is 9.98. The van der Waals surface area contributed by atoms with Crippen LogP contribution >= 0.6 is 12.4 Å². The van der Waals surface area contributed by atoms with Crippen molar-refractivity contribution < 1.29 is 13.2 Å². The van der Waals surface area contributed by atoms with Crippen LogP contribution in [0.4, 0.5) is 0 Å². The third-order valence-corrected chi connectivity index (χ3v) is 6.02. The number of halogens is 1. The Labute approximate surface area is 152 Å². The Morgan fingerprint density at radius 3 is 2.29 bits per heavy atom. The first-order chi connectivity index (χ1) is 10.9. The van der Waals surface area contributed by atoms with E-state index in [0.717, 1.165) is 19.4 Å². The minimum atomic E-state index is -3.39. The number of benzene rings is 1. The highest BCUT2D eigenvalue weighted by Gasteiger charge is 2.29. The van der Waals surface area contributed by atoms with Gasteiger partial charge in [0.25, 0.3) is 0 Å². The van der Waals surface area contributed by atoms with Crippen molar-refractivity contribution in [1.29, 1.82) is 0 Å². The number of hydrogen-bond donors (Lipinski definition) is 1. The first kappa shape index (κ1) is 21.2. The normalized spacial score (nSPS) is 16.8. The van der Waals surface area contributed by atoms with Crippen molar-refractivity contribution in [1.82, 2.24) is 9.62 Å². The molecular formula is C17H29ClN2O3S. The summed E-state index contributed by atoms with van der Waals surface area (Å²) in [7, 11) is -1.45. The molecule has 7 heteroatoms. The van der Waals surface area contributed by atoms with E-state index in [1.807, 2.05) is 7.05 Å². The second kappa shape index (κ2) is 9.61. The number of nitrogens with zero attached hydrogens (tertiary/aromatic N) is 1. The SMILES string of the molecule is CNCC1CCN(S(=O)(=O)c2ccc(OCC(C)C)cc2)CC1.Cl. The highest BCUT2D eigenvalue weighted by Crippen LogP contribution is 2.25. The molecule has 24 heavy (non-hydrogen) atoms. The Morgan fingerprint density at radius 1 is 1.21 bits per heavy atom. The summed E-state index contributed by atoms with van der Waals surface area (Å²) < 4.78 is 32.6. The summed E-state index contributed by atoms with van der Waals surface area (Å²) in [6, 6.07) is 6.77. The van der Waals surface area contributed by atoms with Crippen molar-refractivity contribution in [2.45, 2.75) is 31.6 Å². The average molecular weight is 377 g/mol. The second-order valence-electron chi connectivity index (χ2n) is 6.58. The monoisotopic (exact) mass is 376 g/mol. The predicted octanol–water partition coefficient (Wildman–Crippen LogP) is 2.76. The van der Waals surface area contributed by atoms with E-state index in [-0.39, 0.29) is 12.4 Å². The van der Waals surface area contributed by atoms with Crippen molar-refractivity contribution in [2.75, 3.05) is 33.3 Å². The first-order valence-corrected chi connectivity index (χ1v) is 9.75. The van der Waals surface area contributed by atoms with E-state index in [4.69, 9.17) is 4.74 Å². The fourth-order valence-corrected chi connectivity index (χ4v) is 4.23. The molecule has 0 bridgehead atoms. The van der Waals surface area contributed by atoms with Gasteiger partial charge in [0.2, 0.25) is 10.0 Å². The molecule has 1 aliphatic heterocycles. The second-order valence-corrected chi connectivity index (χ2v) is 8.52. The number of hydrogen-bond acceptors (Lipinski definition) is 4. The van der Waals surface area contributed by atoms with Crippen LogP contribution in [-0.2, 0) is 10.0 Å². The molecule has 0 saturated carbocycles. The van der Waals surface area contributed by atoms with E-state index in [1.165, 1.54) is 0 Å². The molecule has 1 aromatic rings. The highest BCUT2D eigenvalue weighted by atomic mass is 35.5. The molecule has 1 aliphatic rings. The van der Waals surface area contributed by atoms with E-state index < -0.39 is 10.0 Å². The maximum absolute atomic E-state index is 12.7. The van der Waals surface area contributed by atoms with Crippen molar-refractivity contribution in [2.24, 2.45) is 11.8 Å². The number of rotatable bonds is 7. The maximum atomic E-state index is 12.7. The fourth-order valence-electron chi connectivity index (χ4n) is 2.76. The van der Waals surface area contributed by atoms with Crippen LogP contribution in [0.15, 0.2) is 29.2 Å². The van der Waals surface area contributed by atoms with Crippen molar-refractivity contribution in [3.63, 3.8) is 0 Å². The Kier molecular flexibility index (Phi) is 8.50. The molecule has 0 radical (unpaired) electrons. The minimum Gasteiger partial charge on any atom is -0.493 e. The Bertz CT molecular complexity index is 582. The quantitative estimate of drug-likeness (QED) is 0.794. The topological polar surface area (TPSA) is 58.6 Å². The Balaban J connectivity index is 0.00000288. The zero-order valence-corrected chi connectivity index (χ0v) is 16.3. The molecule has 0 aliphatic carbocycles. The summed E-state index contributed by atoms with van der Waals surface area (Å²) in [6.07, 6.45) is 1.82. The van der Waals surface area contributed by atoms with Gasteiger partial charge in [-0.15, -0.1) is 12.4 Å². The fraction of sp³-hybridized carbons (Fsp3) is 0.647. The van der Waals surface area contributed by atoms with Crippen LogP contribution < -0.4 is 10.1 Å². The highest BCUT2D eigenvalue weighted by molar-refractivity contribution is 7.89. The van der Waals surface area contributed by atoms with Crippen LogP contribution in [0.25, 0.3) is 0 Å². The summed E-state index contributed by atoms with van der Waals surface area (Å²) in [4.78, 5) is 0.349. The number of ether oxygens (including phenoxy) is 1. The van der Waals surface area contributed by atoms with Gasteiger partial charge < -0.3 is 10.1 Å². The minimum absolute atomic E-state index is 0. The summed E-state index contributed by atoms with van der Waals surface area (Å²) in [5, 5.41) is 3.17. The molecule has 1 fully saturated rings. The van der Waals surface area contributed by atoms with Crippen LogP contribution in [-0.4, -0.2) is 46.0 Å². The largest absolute Gasteiger partial charge is 0.493 e. The van der Waals surface area contributed by atoms with Crippen molar-refractivity contribution >= 4 is 22.4 Å². The summed E-state index contributed by atoms with van der Waals surface area (Å²) in [5.41, 5.74) is 0. The molecule has 0 spiro atoms. The molecule has 1 aromatic carbocycles. The maximum Gasteiger partial charge on any atom is 0.243 e. The number of nitrogens with one attached hydrogen (secondary N) is 1. The van der Waals surface area contributed by atoms with Crippen LogP contribution in [0, 0.1) is 11.8 Å². The molecule has 2 rings (SSSR count). The van der Waals surface area contributed by atoms with Gasteiger partial charge in [-0.1, -0.05) is 13.8 Å². The smallest absolute Gasteiger partial charge is 0.243 e. The molecule has 0 amide bonds. The third-order valence-electron chi connectivity index (χ3n) is 4.11. The van der Waals surface area contributed by atoms with Crippen LogP contribution in [0.2, 0.25) is 0 Å². The predicted molar refractivity (Wildman–Crippen MR) is 99.4 cm³/mol. The zero-order valence-electron chi connectivity index (χ0n) is 14.7. The van der Waals surface area contributed by atoms with Gasteiger partial charge in [0.05, 0.1) is 11.5 Å². The van der Waals surface area contributed by atoms with Gasteiger partial charge >= 0.3 is 0 Å². The van der Waals surface area contributed by atoms with Gasteiger partial charge in [-0.05, 0) is 62.5 Å². The summed E-state index contributed by atoms with van der Waals surface area (Å²) >= 11 is 0. The number of sulfonamides is 1. The molecule has 0 unspecified atom stereocenters. The van der Waals surface area contributed by atoms with Gasteiger partial charge in [0.15, 0.2) is 0 Å². The van der Waals surface area contributed by atoms with Crippen LogP contribution in [0.5, 0.6) is 5.75 Å². The van der Waals surface area contributed by atoms with Crippen molar-refractivity contribution in [3.05, 3.63) is 24.3 Å². The summed E-state index contributed by atoms with van der Waals surface area (Å²) in [6.45, 7) is 6.94. The van der Waals surface area contributed by atoms with Crippen molar-refractivity contribution in [3.8, 4) is 5.75 Å². The molecule has 5 nitrogen and oxygen atoms in total. The lowest BCUT2D eigenvalue weighted by Crippen LogP contribution is -2.40. The molecule has 1 heterocycles. The van der Waals surface area contributed by atoms with E-state index in [9.17, 15) is 8.42 Å². The molecular weight excluding hydrogens is 348 g/mol. The van der Waals surface area contributed by atoms with Gasteiger partial charge in [0.1, 0.15) is 5.75 Å². The Morgan fingerprint density at radius 2 is 1.79 bits per heavy atom. The first-order valence-electron chi connectivity index (χ1n) is 8.31. The van der Waals surface area contributed by atoms with Crippen LogP contribution in [0.3, 0.4) is 0 Å². The number of piperidine rings is 1. The summed E-state index contributed by atoms with van der Waals surface area (Å²) in [5.74, 6) is 1.72. The van der Waals surface area contributed by atoms with E-state index in [1.54, 1.807) is 28.6 Å². The standard InChI is InChI=1S/C17H28N2O3S.ClH/c1-14(2)13-22-16-4-6-17(7-5-16)23(20,21)19-10-8-15(9-11-19)12-18-3;/h4-7,14-15,18H,8-13H2,1-3H3;1H. The van der Waals surface area contributed by atoms with Gasteiger partial charge in [-0.25, -0.2) is 8.42 Å². The molecule has 138 valence electrons. The van der Waals surface area contributed by atoms with Gasteiger partial charge in [0, 0.05) is 13.1 Å². The van der Waals surface area contributed by atoms with Gasteiger partial charge in [-0.2, -0.15) is 4.31 Å². The van der Waals surface area contributed by atoms with Gasteiger partial charge in [-0.3, -0.25) is 0 Å². The molecule has 1 N–H and O–H groups in total. The van der Waals surface area contributed by atoms with E-state index in [2.05, 4.69) is 19.2 Å². The zero-order chi connectivity index (χ0) is 16.9. The third kappa shape index (κ3) is 5.62. The Hall–Kier alpha value is -0.820. The lowest BCUT2D eigenvalue weighted by molar-refractivity contribution is 0.269. The van der Waals surface area contributed by atoms with E-state index in [0.29, 0.717) is 42.2 Å². The molecule has 0 aromatic heterocycles. The molecule has 1 saturated heterocycles. The van der Waals surface area contributed by atoms with Crippen LogP contribution in [0.1, 0.15) is 26.7 Å².